The summed E-state index contributed by atoms with van der Waals surface area (Å²) in [6, 6.07) is 14.8. The maximum absolute atomic E-state index is 13.5. The van der Waals surface area contributed by atoms with E-state index in [2.05, 4.69) is 15.0 Å². The van der Waals surface area contributed by atoms with E-state index < -0.39 is 15.9 Å². The lowest BCUT2D eigenvalue weighted by Gasteiger charge is -2.22. The molecule has 0 bridgehead atoms. The lowest BCUT2D eigenvalue weighted by Crippen LogP contribution is -2.23. The van der Waals surface area contributed by atoms with Gasteiger partial charge in [-0.2, -0.15) is 0 Å². The van der Waals surface area contributed by atoms with Crippen molar-refractivity contribution >= 4 is 33.0 Å². The molecule has 2 heterocycles. The first-order chi connectivity index (χ1) is 16.9. The van der Waals surface area contributed by atoms with Crippen molar-refractivity contribution in [2.45, 2.75) is 24.7 Å². The van der Waals surface area contributed by atoms with Crippen molar-refractivity contribution in [2.75, 3.05) is 41.7 Å². The van der Waals surface area contributed by atoms with E-state index in [0.717, 1.165) is 25.9 Å². The first-order valence-electron chi connectivity index (χ1n) is 11.4. The molecule has 2 N–H and O–H groups in total. The van der Waals surface area contributed by atoms with Crippen LogP contribution in [0.4, 0.5) is 17.1 Å². The lowest BCUT2D eigenvalue weighted by molar-refractivity contribution is 0.102. The van der Waals surface area contributed by atoms with Gasteiger partial charge < -0.3 is 19.7 Å². The van der Waals surface area contributed by atoms with Crippen molar-refractivity contribution in [2.24, 2.45) is 0 Å². The number of hydrogen-bond donors (Lipinski definition) is 2. The monoisotopic (exact) mass is 496 g/mol. The predicted molar refractivity (Wildman–Crippen MR) is 135 cm³/mol. The third-order valence-electron chi connectivity index (χ3n) is 5.59. The number of anilines is 3. The highest BCUT2D eigenvalue weighted by Crippen LogP contribution is 2.33. The highest BCUT2D eigenvalue weighted by Gasteiger charge is 2.25. The number of nitrogens with one attached hydrogen (secondary N) is 2. The Hall–Kier alpha value is -3.79. The second-order valence-corrected chi connectivity index (χ2v) is 9.60. The zero-order valence-corrected chi connectivity index (χ0v) is 20.5. The SMILES string of the molecule is CCOc1ncccc1C(=O)Nc1ccc(N2CCCC2)c(S(=O)(=O)Nc2ccc(OC)cc2)c1. The molecule has 0 unspecified atom stereocenters. The fourth-order valence-electron chi connectivity index (χ4n) is 3.91. The first-order valence-corrected chi connectivity index (χ1v) is 12.8. The quantitative estimate of drug-likeness (QED) is 0.458. The number of carbonyl (C=O) groups excluding carboxylic acids is 1. The molecular formula is C25H28N4O5S. The van der Waals surface area contributed by atoms with Gasteiger partial charge in [-0.3, -0.25) is 9.52 Å². The maximum Gasteiger partial charge on any atom is 0.264 e. The van der Waals surface area contributed by atoms with Crippen molar-refractivity contribution in [1.29, 1.82) is 0 Å². The molecule has 3 aromatic rings. The van der Waals surface area contributed by atoms with Gasteiger partial charge in [0.15, 0.2) is 0 Å². The molecule has 1 aliphatic rings. The van der Waals surface area contributed by atoms with Gasteiger partial charge >= 0.3 is 0 Å². The average molecular weight is 497 g/mol. The zero-order chi connectivity index (χ0) is 24.8. The number of methoxy groups -OCH3 is 1. The Morgan fingerprint density at radius 3 is 2.46 bits per heavy atom. The number of hydrogen-bond acceptors (Lipinski definition) is 7. The molecule has 1 amide bonds. The normalized spacial score (nSPS) is 13.4. The minimum atomic E-state index is -3.96. The van der Waals surface area contributed by atoms with Gasteiger partial charge in [0.2, 0.25) is 5.88 Å². The van der Waals surface area contributed by atoms with Crippen LogP contribution in [0.5, 0.6) is 11.6 Å². The summed E-state index contributed by atoms with van der Waals surface area (Å²) in [6.07, 6.45) is 3.53. The second kappa shape index (κ2) is 10.6. The minimum absolute atomic E-state index is 0.0873. The fraction of sp³-hybridized carbons (Fsp3) is 0.280. The maximum atomic E-state index is 13.5. The van der Waals surface area contributed by atoms with Gasteiger partial charge in [0.1, 0.15) is 16.2 Å². The van der Waals surface area contributed by atoms with Gasteiger partial charge in [-0.05, 0) is 74.4 Å². The van der Waals surface area contributed by atoms with E-state index in [9.17, 15) is 13.2 Å². The number of benzene rings is 2. The van der Waals surface area contributed by atoms with Gasteiger partial charge in [0.05, 0.1) is 19.4 Å². The molecule has 0 aliphatic carbocycles. The molecule has 35 heavy (non-hydrogen) atoms. The summed E-state index contributed by atoms with van der Waals surface area (Å²) in [6.45, 7) is 3.70. The molecule has 0 saturated carbocycles. The van der Waals surface area contributed by atoms with E-state index in [0.29, 0.717) is 29.4 Å². The van der Waals surface area contributed by atoms with E-state index in [1.807, 2.05) is 4.90 Å². The standard InChI is InChI=1S/C25H28N4O5S/c1-3-34-25-21(7-6-14-26-25)24(30)27-19-10-13-22(29-15-4-5-16-29)23(17-19)35(31,32)28-18-8-11-20(33-2)12-9-18/h6-14,17,28H,3-5,15-16H2,1-2H3,(H,27,30). The molecule has 1 saturated heterocycles. The van der Waals surface area contributed by atoms with Crippen LogP contribution in [0, 0.1) is 0 Å². The molecule has 2 aromatic carbocycles. The summed E-state index contributed by atoms with van der Waals surface area (Å²) in [5.41, 5.74) is 1.61. The van der Waals surface area contributed by atoms with Gasteiger partial charge in [0.25, 0.3) is 15.9 Å². The highest BCUT2D eigenvalue weighted by atomic mass is 32.2. The highest BCUT2D eigenvalue weighted by molar-refractivity contribution is 7.92. The number of amides is 1. The van der Waals surface area contributed by atoms with E-state index in [1.54, 1.807) is 68.8 Å². The van der Waals surface area contributed by atoms with E-state index in [-0.39, 0.29) is 16.3 Å². The van der Waals surface area contributed by atoms with Crippen LogP contribution in [0.15, 0.2) is 65.7 Å². The summed E-state index contributed by atoms with van der Waals surface area (Å²) in [5, 5.41) is 2.78. The Bertz CT molecular complexity index is 1290. The Kier molecular flexibility index (Phi) is 7.40. The molecule has 4 rings (SSSR count). The number of nitrogens with zero attached hydrogens (tertiary/aromatic N) is 2. The van der Waals surface area contributed by atoms with Gasteiger partial charge in [-0.1, -0.05) is 0 Å². The van der Waals surface area contributed by atoms with Crippen LogP contribution in [-0.4, -0.2) is 46.1 Å². The van der Waals surface area contributed by atoms with Crippen molar-refractivity contribution < 1.29 is 22.7 Å². The van der Waals surface area contributed by atoms with Crippen LogP contribution in [0.2, 0.25) is 0 Å². The average Bonchev–Trinajstić information content (AvgIpc) is 3.40. The Morgan fingerprint density at radius 1 is 1.06 bits per heavy atom. The smallest absolute Gasteiger partial charge is 0.264 e. The topological polar surface area (TPSA) is 110 Å². The third-order valence-corrected chi connectivity index (χ3v) is 7.00. The third kappa shape index (κ3) is 5.65. The largest absolute Gasteiger partial charge is 0.497 e. The molecule has 9 nitrogen and oxygen atoms in total. The molecule has 0 spiro atoms. The van der Waals surface area contributed by atoms with Crippen molar-refractivity contribution in [3.63, 3.8) is 0 Å². The Balaban J connectivity index is 1.66. The van der Waals surface area contributed by atoms with E-state index in [1.165, 1.54) is 6.07 Å². The van der Waals surface area contributed by atoms with Gasteiger partial charge in [-0.25, -0.2) is 13.4 Å². The van der Waals surface area contributed by atoms with Crippen LogP contribution >= 0.6 is 0 Å². The van der Waals surface area contributed by atoms with Crippen LogP contribution < -0.4 is 24.4 Å². The summed E-state index contributed by atoms with van der Waals surface area (Å²) >= 11 is 0. The van der Waals surface area contributed by atoms with E-state index in [4.69, 9.17) is 9.47 Å². The molecule has 1 aromatic heterocycles. The summed E-state index contributed by atoms with van der Waals surface area (Å²) in [5.74, 6) is 0.398. The second-order valence-electron chi connectivity index (χ2n) is 7.95. The first kappa shape index (κ1) is 24.3. The number of pyridine rings is 1. The van der Waals surface area contributed by atoms with Crippen molar-refractivity contribution in [3.05, 3.63) is 66.4 Å². The number of aromatic nitrogens is 1. The number of rotatable bonds is 9. The Labute approximate surface area is 205 Å². The number of ether oxygens (including phenoxy) is 2. The van der Waals surface area contributed by atoms with E-state index >= 15 is 0 Å². The minimum Gasteiger partial charge on any atom is -0.497 e. The molecule has 1 aliphatic heterocycles. The predicted octanol–water partition coefficient (Wildman–Crippen LogP) is 4.14. The molecule has 1 fully saturated rings. The van der Waals surface area contributed by atoms with Crippen LogP contribution in [0.1, 0.15) is 30.1 Å². The molecule has 10 heteroatoms. The van der Waals surface area contributed by atoms with Crippen molar-refractivity contribution in [1.82, 2.24) is 4.98 Å². The summed E-state index contributed by atoms with van der Waals surface area (Å²) in [4.78, 5) is 19.2. The van der Waals surface area contributed by atoms with Gasteiger partial charge in [-0.15, -0.1) is 0 Å². The fourth-order valence-corrected chi connectivity index (χ4v) is 5.22. The molecule has 0 radical (unpaired) electrons. The Morgan fingerprint density at radius 2 is 1.77 bits per heavy atom. The summed E-state index contributed by atoms with van der Waals surface area (Å²) in [7, 11) is -2.42. The van der Waals surface area contributed by atoms with Crippen molar-refractivity contribution in [3.8, 4) is 11.6 Å². The van der Waals surface area contributed by atoms with Crippen LogP contribution in [0.25, 0.3) is 0 Å². The van der Waals surface area contributed by atoms with Crippen LogP contribution in [-0.2, 0) is 10.0 Å². The van der Waals surface area contributed by atoms with Gasteiger partial charge in [0, 0.05) is 30.7 Å². The number of sulfonamides is 1. The van der Waals surface area contributed by atoms with Crippen LogP contribution in [0.3, 0.4) is 0 Å². The molecular weight excluding hydrogens is 468 g/mol. The molecule has 184 valence electrons. The summed E-state index contributed by atoms with van der Waals surface area (Å²) < 4.78 is 40.2. The zero-order valence-electron chi connectivity index (χ0n) is 19.7. The lowest BCUT2D eigenvalue weighted by atomic mass is 10.2. The molecule has 0 atom stereocenters. The number of carbonyl (C=O) groups is 1.